The van der Waals surface area contributed by atoms with Crippen molar-refractivity contribution < 1.29 is 4.79 Å². The zero-order valence-corrected chi connectivity index (χ0v) is 12.1. The summed E-state index contributed by atoms with van der Waals surface area (Å²) in [5.41, 5.74) is 5.87. The summed E-state index contributed by atoms with van der Waals surface area (Å²) >= 11 is 0. The number of hydrogen-bond donors (Lipinski definition) is 2. The van der Waals surface area contributed by atoms with Crippen molar-refractivity contribution in [3.8, 4) is 0 Å². The third-order valence-corrected chi connectivity index (χ3v) is 3.81. The highest BCUT2D eigenvalue weighted by molar-refractivity contribution is 5.81. The number of likely N-dealkylation sites (tertiary alicyclic amines) is 1. The van der Waals surface area contributed by atoms with Gasteiger partial charge in [0, 0.05) is 25.2 Å². The average Bonchev–Trinajstić information content (AvgIpc) is 2.36. The Hall–Kier alpha value is -0.610. The van der Waals surface area contributed by atoms with Crippen LogP contribution in [0.3, 0.4) is 0 Å². The van der Waals surface area contributed by atoms with Crippen molar-refractivity contribution in [2.45, 2.75) is 71.0 Å². The number of nitrogens with two attached hydrogens (primary N) is 1. The van der Waals surface area contributed by atoms with E-state index >= 15 is 0 Å². The van der Waals surface area contributed by atoms with E-state index in [0.717, 1.165) is 45.2 Å². The first-order valence-electron chi connectivity index (χ1n) is 7.34. The second kappa shape index (κ2) is 7.74. The first kappa shape index (κ1) is 15.4. The molecule has 1 aliphatic heterocycles. The molecular weight excluding hydrogens is 226 g/mol. The Morgan fingerprint density at radius 3 is 2.50 bits per heavy atom. The number of rotatable bonds is 6. The van der Waals surface area contributed by atoms with Gasteiger partial charge in [-0.3, -0.25) is 4.79 Å². The topological polar surface area (TPSA) is 58.4 Å². The molecule has 1 unspecified atom stereocenters. The van der Waals surface area contributed by atoms with Gasteiger partial charge in [0.25, 0.3) is 0 Å². The SMILES string of the molecule is CCCCC(N)C(=O)NC1CCN(C(C)C)CC1. The number of hydrogen-bond acceptors (Lipinski definition) is 3. The van der Waals surface area contributed by atoms with E-state index in [1.54, 1.807) is 0 Å². The van der Waals surface area contributed by atoms with E-state index in [4.69, 9.17) is 5.73 Å². The van der Waals surface area contributed by atoms with Gasteiger partial charge in [0.15, 0.2) is 0 Å². The maximum atomic E-state index is 11.9. The molecule has 18 heavy (non-hydrogen) atoms. The smallest absolute Gasteiger partial charge is 0.237 e. The van der Waals surface area contributed by atoms with E-state index in [2.05, 4.69) is 31.0 Å². The van der Waals surface area contributed by atoms with Gasteiger partial charge < -0.3 is 16.0 Å². The molecule has 0 bridgehead atoms. The molecule has 0 saturated carbocycles. The summed E-state index contributed by atoms with van der Waals surface area (Å²) in [4.78, 5) is 14.3. The molecule has 0 aromatic rings. The lowest BCUT2D eigenvalue weighted by molar-refractivity contribution is -0.123. The van der Waals surface area contributed by atoms with Crippen molar-refractivity contribution >= 4 is 5.91 Å². The third-order valence-electron chi connectivity index (χ3n) is 3.81. The summed E-state index contributed by atoms with van der Waals surface area (Å²) in [5, 5.41) is 3.10. The summed E-state index contributed by atoms with van der Waals surface area (Å²) in [6.45, 7) is 8.71. The van der Waals surface area contributed by atoms with Crippen LogP contribution in [0.4, 0.5) is 0 Å². The molecule has 3 N–H and O–H groups in total. The Balaban J connectivity index is 2.25. The van der Waals surface area contributed by atoms with Gasteiger partial charge in [-0.15, -0.1) is 0 Å². The minimum Gasteiger partial charge on any atom is -0.352 e. The second-order valence-electron chi connectivity index (χ2n) is 5.66. The molecule has 1 aliphatic rings. The Kier molecular flexibility index (Phi) is 6.65. The van der Waals surface area contributed by atoms with E-state index in [1.165, 1.54) is 0 Å². The fourth-order valence-electron chi connectivity index (χ4n) is 2.42. The van der Waals surface area contributed by atoms with Crippen LogP contribution in [0.25, 0.3) is 0 Å². The maximum absolute atomic E-state index is 11.9. The summed E-state index contributed by atoms with van der Waals surface area (Å²) in [6, 6.07) is 0.599. The van der Waals surface area contributed by atoms with Crippen LogP contribution in [0.5, 0.6) is 0 Å². The third kappa shape index (κ3) is 4.94. The minimum atomic E-state index is -0.326. The summed E-state index contributed by atoms with van der Waals surface area (Å²) in [5.74, 6) is 0.0337. The van der Waals surface area contributed by atoms with Crippen molar-refractivity contribution in [2.75, 3.05) is 13.1 Å². The number of carbonyl (C=O) groups is 1. The molecule has 0 aromatic carbocycles. The van der Waals surface area contributed by atoms with Crippen LogP contribution in [0.1, 0.15) is 52.9 Å². The number of carbonyl (C=O) groups excluding carboxylic acids is 1. The summed E-state index contributed by atoms with van der Waals surface area (Å²) in [6.07, 6.45) is 5.01. The van der Waals surface area contributed by atoms with Crippen LogP contribution in [0.15, 0.2) is 0 Å². The van der Waals surface area contributed by atoms with E-state index in [0.29, 0.717) is 12.1 Å². The predicted molar refractivity (Wildman–Crippen MR) is 75.4 cm³/mol. The lowest BCUT2D eigenvalue weighted by atomic mass is 10.0. The molecule has 0 aromatic heterocycles. The molecule has 0 spiro atoms. The molecule has 1 saturated heterocycles. The fourth-order valence-corrected chi connectivity index (χ4v) is 2.42. The van der Waals surface area contributed by atoms with E-state index in [1.807, 2.05) is 0 Å². The quantitative estimate of drug-likeness (QED) is 0.756. The number of nitrogens with one attached hydrogen (secondary N) is 1. The van der Waals surface area contributed by atoms with Crippen molar-refractivity contribution in [1.29, 1.82) is 0 Å². The van der Waals surface area contributed by atoms with Gasteiger partial charge in [0.1, 0.15) is 0 Å². The Labute approximate surface area is 111 Å². The highest BCUT2D eigenvalue weighted by Crippen LogP contribution is 2.13. The van der Waals surface area contributed by atoms with Crippen LogP contribution in [0, 0.1) is 0 Å². The molecule has 1 amide bonds. The van der Waals surface area contributed by atoms with Gasteiger partial charge in [-0.05, 0) is 33.1 Å². The van der Waals surface area contributed by atoms with Gasteiger partial charge in [-0.25, -0.2) is 0 Å². The van der Waals surface area contributed by atoms with Crippen molar-refractivity contribution in [3.63, 3.8) is 0 Å². The van der Waals surface area contributed by atoms with Gasteiger partial charge in [0.05, 0.1) is 6.04 Å². The van der Waals surface area contributed by atoms with E-state index in [-0.39, 0.29) is 11.9 Å². The molecule has 0 radical (unpaired) electrons. The molecule has 0 aliphatic carbocycles. The standard InChI is InChI=1S/C14H29N3O/c1-4-5-6-13(15)14(18)16-12-7-9-17(10-8-12)11(2)3/h11-13H,4-10,15H2,1-3H3,(H,16,18). The highest BCUT2D eigenvalue weighted by Gasteiger charge is 2.23. The summed E-state index contributed by atoms with van der Waals surface area (Å²) in [7, 11) is 0. The van der Waals surface area contributed by atoms with Crippen LogP contribution in [-0.2, 0) is 4.79 Å². The first-order chi connectivity index (χ1) is 8.54. The lowest BCUT2D eigenvalue weighted by Crippen LogP contribution is -2.50. The number of amides is 1. The van der Waals surface area contributed by atoms with Crippen LogP contribution < -0.4 is 11.1 Å². The van der Waals surface area contributed by atoms with Gasteiger partial charge in [-0.2, -0.15) is 0 Å². The Morgan fingerprint density at radius 1 is 1.39 bits per heavy atom. The highest BCUT2D eigenvalue weighted by atomic mass is 16.2. The lowest BCUT2D eigenvalue weighted by Gasteiger charge is -2.35. The molecule has 106 valence electrons. The zero-order chi connectivity index (χ0) is 13.5. The second-order valence-corrected chi connectivity index (χ2v) is 5.66. The molecule has 1 heterocycles. The predicted octanol–water partition coefficient (Wildman–Crippen LogP) is 1.49. The molecular formula is C14H29N3O. The van der Waals surface area contributed by atoms with Crippen LogP contribution in [0.2, 0.25) is 0 Å². The van der Waals surface area contributed by atoms with Crippen molar-refractivity contribution in [2.24, 2.45) is 5.73 Å². The number of nitrogens with zero attached hydrogens (tertiary/aromatic N) is 1. The molecule has 4 heteroatoms. The summed E-state index contributed by atoms with van der Waals surface area (Å²) < 4.78 is 0. The maximum Gasteiger partial charge on any atom is 0.237 e. The van der Waals surface area contributed by atoms with E-state index < -0.39 is 0 Å². The van der Waals surface area contributed by atoms with E-state index in [9.17, 15) is 4.79 Å². The fraction of sp³-hybridized carbons (Fsp3) is 0.929. The molecule has 1 fully saturated rings. The normalized spacial score (nSPS) is 20.1. The van der Waals surface area contributed by atoms with Gasteiger partial charge >= 0.3 is 0 Å². The molecule has 4 nitrogen and oxygen atoms in total. The van der Waals surface area contributed by atoms with Crippen LogP contribution in [-0.4, -0.2) is 42.0 Å². The number of piperidine rings is 1. The van der Waals surface area contributed by atoms with Gasteiger partial charge in [-0.1, -0.05) is 19.8 Å². The van der Waals surface area contributed by atoms with Gasteiger partial charge in [0.2, 0.25) is 5.91 Å². The monoisotopic (exact) mass is 255 g/mol. The zero-order valence-electron chi connectivity index (χ0n) is 12.1. The Bertz CT molecular complexity index is 247. The first-order valence-corrected chi connectivity index (χ1v) is 7.34. The molecule has 1 atom stereocenters. The molecule has 1 rings (SSSR count). The van der Waals surface area contributed by atoms with Crippen molar-refractivity contribution in [3.05, 3.63) is 0 Å². The van der Waals surface area contributed by atoms with Crippen LogP contribution >= 0.6 is 0 Å². The Morgan fingerprint density at radius 2 is 2.00 bits per heavy atom. The van der Waals surface area contributed by atoms with Crippen molar-refractivity contribution in [1.82, 2.24) is 10.2 Å². The number of unbranched alkanes of at least 4 members (excludes halogenated alkanes) is 1. The minimum absolute atomic E-state index is 0.0337. The average molecular weight is 255 g/mol. The largest absolute Gasteiger partial charge is 0.352 e.